The molecule has 0 aliphatic heterocycles. The number of ether oxygens (including phenoxy) is 1. The van der Waals surface area contributed by atoms with Gasteiger partial charge in [-0.2, -0.15) is 0 Å². The number of methoxy groups -OCH3 is 1. The molecule has 2 aromatic rings. The first-order valence-corrected chi connectivity index (χ1v) is 5.35. The predicted octanol–water partition coefficient (Wildman–Crippen LogP) is 3.71. The van der Waals surface area contributed by atoms with Crippen LogP contribution in [0.5, 0.6) is 11.5 Å². The first-order chi connectivity index (χ1) is 8.26. The van der Waals surface area contributed by atoms with Crippen LogP contribution >= 0.6 is 0 Å². The summed E-state index contributed by atoms with van der Waals surface area (Å²) >= 11 is 0. The third kappa shape index (κ3) is 2.16. The van der Waals surface area contributed by atoms with E-state index in [1.54, 1.807) is 12.1 Å². The van der Waals surface area contributed by atoms with Gasteiger partial charge in [0.2, 0.25) is 0 Å². The van der Waals surface area contributed by atoms with Gasteiger partial charge in [0.1, 0.15) is 0 Å². The average Bonchev–Trinajstić information content (AvgIpc) is 2.40. The highest BCUT2D eigenvalue weighted by Gasteiger charge is 2.10. The van der Waals surface area contributed by atoms with Gasteiger partial charge < -0.3 is 9.84 Å². The van der Waals surface area contributed by atoms with Gasteiger partial charge in [0.05, 0.1) is 7.11 Å². The highest BCUT2D eigenvalue weighted by molar-refractivity contribution is 5.76. The van der Waals surface area contributed by atoms with Crippen molar-refractivity contribution >= 4 is 6.08 Å². The second-order valence-electron chi connectivity index (χ2n) is 3.69. The van der Waals surface area contributed by atoms with Crippen molar-refractivity contribution in [2.45, 2.75) is 0 Å². The van der Waals surface area contributed by atoms with E-state index in [9.17, 15) is 5.11 Å². The van der Waals surface area contributed by atoms with Crippen LogP contribution in [0.15, 0.2) is 49.0 Å². The van der Waals surface area contributed by atoms with Crippen molar-refractivity contribution < 1.29 is 9.84 Å². The van der Waals surface area contributed by atoms with Crippen LogP contribution in [-0.4, -0.2) is 12.2 Å². The zero-order valence-corrected chi connectivity index (χ0v) is 9.68. The molecule has 17 heavy (non-hydrogen) atoms. The Kier molecular flexibility index (Phi) is 3.15. The van der Waals surface area contributed by atoms with Gasteiger partial charge in [-0.1, -0.05) is 43.0 Å². The molecular formula is C15H14O2. The molecular weight excluding hydrogens is 212 g/mol. The molecule has 0 saturated heterocycles. The van der Waals surface area contributed by atoms with Crippen LogP contribution in [0.3, 0.4) is 0 Å². The lowest BCUT2D eigenvalue weighted by molar-refractivity contribution is 0.374. The number of aromatic hydroxyl groups is 1. The van der Waals surface area contributed by atoms with Crippen LogP contribution in [0.4, 0.5) is 0 Å². The van der Waals surface area contributed by atoms with E-state index >= 15 is 0 Å². The first-order valence-electron chi connectivity index (χ1n) is 5.35. The molecule has 2 heteroatoms. The summed E-state index contributed by atoms with van der Waals surface area (Å²) in [6, 6.07) is 13.3. The normalized spacial score (nSPS) is 9.94. The van der Waals surface area contributed by atoms with Gasteiger partial charge in [-0.3, -0.25) is 0 Å². The summed E-state index contributed by atoms with van der Waals surface area (Å²) in [7, 11) is 1.54. The summed E-state index contributed by atoms with van der Waals surface area (Å²) in [4.78, 5) is 0. The molecule has 2 aromatic carbocycles. The molecule has 0 aromatic heterocycles. The van der Waals surface area contributed by atoms with Gasteiger partial charge in [-0.05, 0) is 23.3 Å². The summed E-state index contributed by atoms with van der Waals surface area (Å²) in [6.45, 7) is 3.73. The molecule has 0 heterocycles. The van der Waals surface area contributed by atoms with E-state index in [0.717, 1.165) is 16.7 Å². The molecule has 2 rings (SSSR count). The van der Waals surface area contributed by atoms with Crippen molar-refractivity contribution in [3.8, 4) is 22.6 Å². The van der Waals surface area contributed by atoms with Crippen LogP contribution in [0.2, 0.25) is 0 Å². The second-order valence-corrected chi connectivity index (χ2v) is 3.69. The third-order valence-electron chi connectivity index (χ3n) is 2.64. The number of phenolic OH excluding ortho intramolecular Hbond substituents is 1. The van der Waals surface area contributed by atoms with Crippen LogP contribution in [0.25, 0.3) is 17.2 Å². The zero-order chi connectivity index (χ0) is 12.3. The van der Waals surface area contributed by atoms with Crippen molar-refractivity contribution in [1.82, 2.24) is 0 Å². The summed E-state index contributed by atoms with van der Waals surface area (Å²) < 4.78 is 5.15. The minimum Gasteiger partial charge on any atom is -0.504 e. The summed E-state index contributed by atoms with van der Waals surface area (Å²) in [5.41, 5.74) is 2.62. The van der Waals surface area contributed by atoms with E-state index in [1.165, 1.54) is 7.11 Å². The van der Waals surface area contributed by atoms with E-state index in [1.807, 2.05) is 36.4 Å². The number of phenols is 1. The lowest BCUT2D eigenvalue weighted by atomic mass is 10.0. The van der Waals surface area contributed by atoms with Gasteiger partial charge in [-0.15, -0.1) is 0 Å². The Morgan fingerprint density at radius 2 is 1.88 bits per heavy atom. The number of hydrogen-bond donors (Lipinski definition) is 1. The molecule has 0 radical (unpaired) electrons. The quantitative estimate of drug-likeness (QED) is 0.864. The van der Waals surface area contributed by atoms with Crippen LogP contribution < -0.4 is 4.74 Å². The van der Waals surface area contributed by atoms with Crippen molar-refractivity contribution in [2.24, 2.45) is 0 Å². The van der Waals surface area contributed by atoms with Crippen molar-refractivity contribution in [3.63, 3.8) is 0 Å². The number of hydrogen-bond acceptors (Lipinski definition) is 2. The molecule has 0 aliphatic rings. The van der Waals surface area contributed by atoms with E-state index in [2.05, 4.69) is 6.58 Å². The molecule has 0 aliphatic carbocycles. The largest absolute Gasteiger partial charge is 0.504 e. The SMILES string of the molecule is C=Cc1cc(OC)c(O)c(-c2ccccc2)c1. The Morgan fingerprint density at radius 3 is 2.47 bits per heavy atom. The first kappa shape index (κ1) is 11.3. The van der Waals surface area contributed by atoms with E-state index in [0.29, 0.717) is 5.75 Å². The molecule has 1 N–H and O–H groups in total. The van der Waals surface area contributed by atoms with Gasteiger partial charge in [0.15, 0.2) is 11.5 Å². The molecule has 0 spiro atoms. The summed E-state index contributed by atoms with van der Waals surface area (Å²) in [6.07, 6.45) is 1.73. The second kappa shape index (κ2) is 4.74. The Morgan fingerprint density at radius 1 is 1.18 bits per heavy atom. The fraction of sp³-hybridized carbons (Fsp3) is 0.0667. The Balaban J connectivity index is 2.64. The lowest BCUT2D eigenvalue weighted by Crippen LogP contribution is -1.88. The zero-order valence-electron chi connectivity index (χ0n) is 9.68. The van der Waals surface area contributed by atoms with E-state index in [4.69, 9.17) is 4.74 Å². The monoisotopic (exact) mass is 226 g/mol. The van der Waals surface area contributed by atoms with Gasteiger partial charge in [0.25, 0.3) is 0 Å². The van der Waals surface area contributed by atoms with Crippen molar-refractivity contribution in [1.29, 1.82) is 0 Å². The summed E-state index contributed by atoms with van der Waals surface area (Å²) in [5.74, 6) is 0.616. The standard InChI is InChI=1S/C15H14O2/c1-3-11-9-13(12-7-5-4-6-8-12)15(16)14(10-11)17-2/h3-10,16H,1H2,2H3. The topological polar surface area (TPSA) is 29.5 Å². The van der Waals surface area contributed by atoms with Crippen LogP contribution in [-0.2, 0) is 0 Å². The Labute approximate surface area is 101 Å². The minimum atomic E-state index is 0.157. The van der Waals surface area contributed by atoms with Gasteiger partial charge in [-0.25, -0.2) is 0 Å². The molecule has 86 valence electrons. The molecule has 0 saturated carbocycles. The van der Waals surface area contributed by atoms with Gasteiger partial charge >= 0.3 is 0 Å². The van der Waals surface area contributed by atoms with Crippen LogP contribution in [0.1, 0.15) is 5.56 Å². The van der Waals surface area contributed by atoms with E-state index < -0.39 is 0 Å². The molecule has 2 nitrogen and oxygen atoms in total. The smallest absolute Gasteiger partial charge is 0.165 e. The van der Waals surface area contributed by atoms with E-state index in [-0.39, 0.29) is 5.75 Å². The third-order valence-corrected chi connectivity index (χ3v) is 2.64. The maximum Gasteiger partial charge on any atom is 0.165 e. The molecule has 0 bridgehead atoms. The lowest BCUT2D eigenvalue weighted by Gasteiger charge is -2.10. The highest BCUT2D eigenvalue weighted by atomic mass is 16.5. The maximum atomic E-state index is 10.1. The number of benzene rings is 2. The predicted molar refractivity (Wildman–Crippen MR) is 70.2 cm³/mol. The number of rotatable bonds is 3. The molecule has 0 unspecified atom stereocenters. The van der Waals surface area contributed by atoms with Crippen LogP contribution in [0, 0.1) is 0 Å². The van der Waals surface area contributed by atoms with Crippen molar-refractivity contribution in [2.75, 3.05) is 7.11 Å². The Hall–Kier alpha value is -2.22. The molecule has 0 amide bonds. The summed E-state index contributed by atoms with van der Waals surface area (Å²) in [5, 5.41) is 10.1. The minimum absolute atomic E-state index is 0.157. The average molecular weight is 226 g/mol. The van der Waals surface area contributed by atoms with Crippen molar-refractivity contribution in [3.05, 3.63) is 54.6 Å². The maximum absolute atomic E-state index is 10.1. The Bertz CT molecular complexity index is 530. The van der Waals surface area contributed by atoms with Gasteiger partial charge in [0, 0.05) is 5.56 Å². The highest BCUT2D eigenvalue weighted by Crippen LogP contribution is 2.38. The fourth-order valence-electron chi connectivity index (χ4n) is 1.74. The fourth-order valence-corrected chi connectivity index (χ4v) is 1.74. The molecule has 0 atom stereocenters. The molecule has 0 fully saturated rings.